The molecule has 1 heterocycles. The molecule has 0 saturated carbocycles. The topological polar surface area (TPSA) is 91.9 Å². The Bertz CT molecular complexity index is 1100. The maximum absolute atomic E-state index is 14.2. The molecule has 0 radical (unpaired) electrons. The van der Waals surface area contributed by atoms with Crippen LogP contribution in [0.5, 0.6) is 0 Å². The highest BCUT2D eigenvalue weighted by Gasteiger charge is 2.12. The Morgan fingerprint density at radius 3 is 2.70 bits per heavy atom. The van der Waals surface area contributed by atoms with Crippen LogP contribution in [-0.2, 0) is 12.3 Å². The zero-order valence-electron chi connectivity index (χ0n) is 16.5. The van der Waals surface area contributed by atoms with Crippen LogP contribution < -0.4 is 11.1 Å². The van der Waals surface area contributed by atoms with Crippen LogP contribution in [0.25, 0.3) is 0 Å². The van der Waals surface area contributed by atoms with Crippen LogP contribution in [0.2, 0.25) is 0 Å². The van der Waals surface area contributed by atoms with Crippen molar-refractivity contribution in [2.75, 3.05) is 12.3 Å². The molecule has 0 aliphatic rings. The molecule has 154 valence electrons. The van der Waals surface area contributed by atoms with E-state index in [9.17, 15) is 9.18 Å². The van der Waals surface area contributed by atoms with E-state index < -0.39 is 0 Å². The van der Waals surface area contributed by atoms with E-state index in [4.69, 9.17) is 22.7 Å². The first-order chi connectivity index (χ1) is 14.4. The van der Waals surface area contributed by atoms with Crippen LogP contribution in [0.15, 0.2) is 54.9 Å². The number of nitrogens with two attached hydrogens (primary N) is 1. The SMILES string of the molecule is Cc1ccc(N)c(C(=N)CNC(=O)c2cncc(Cc3ccc(CCl)cc3F)c2)c1. The molecular weight excluding hydrogens is 403 g/mol. The zero-order valence-corrected chi connectivity index (χ0v) is 17.3. The van der Waals surface area contributed by atoms with Crippen LogP contribution in [-0.4, -0.2) is 23.1 Å². The molecule has 2 aromatic carbocycles. The van der Waals surface area contributed by atoms with Gasteiger partial charge in [-0.1, -0.05) is 23.8 Å². The molecule has 7 heteroatoms. The highest BCUT2D eigenvalue weighted by Crippen LogP contribution is 2.17. The smallest absolute Gasteiger partial charge is 0.253 e. The molecule has 0 atom stereocenters. The average Bonchev–Trinajstić information content (AvgIpc) is 2.75. The van der Waals surface area contributed by atoms with Crippen LogP contribution in [0.1, 0.15) is 38.2 Å². The molecule has 0 spiro atoms. The summed E-state index contributed by atoms with van der Waals surface area (Å²) in [6, 6.07) is 12.0. The second-order valence-corrected chi connectivity index (χ2v) is 7.34. The summed E-state index contributed by atoms with van der Waals surface area (Å²) in [6.45, 7) is 1.95. The lowest BCUT2D eigenvalue weighted by molar-refractivity contribution is 0.0959. The van der Waals surface area contributed by atoms with Crippen molar-refractivity contribution < 1.29 is 9.18 Å². The number of nitrogens with one attached hydrogen (secondary N) is 2. The standard InChI is InChI=1S/C23H22ClFN4O/c1-14-2-5-21(26)19(6-14)22(27)13-29-23(30)18-8-16(11-28-12-18)7-17-4-3-15(10-24)9-20(17)25/h2-6,8-9,11-12,27H,7,10,13,26H2,1H3,(H,29,30). The van der Waals surface area contributed by atoms with Gasteiger partial charge >= 0.3 is 0 Å². The number of amides is 1. The number of halogens is 2. The number of nitrogen functional groups attached to an aromatic ring is 1. The van der Waals surface area contributed by atoms with Gasteiger partial charge in [-0.2, -0.15) is 0 Å². The second-order valence-electron chi connectivity index (χ2n) is 7.07. The molecule has 1 aromatic heterocycles. The van der Waals surface area contributed by atoms with E-state index >= 15 is 0 Å². The maximum atomic E-state index is 14.2. The lowest BCUT2D eigenvalue weighted by Crippen LogP contribution is -2.30. The van der Waals surface area contributed by atoms with E-state index in [0.717, 1.165) is 5.56 Å². The fraction of sp³-hybridized carbons (Fsp3) is 0.174. The van der Waals surface area contributed by atoms with Crippen molar-refractivity contribution in [3.8, 4) is 0 Å². The number of nitrogens with zero attached hydrogens (tertiary/aromatic N) is 1. The summed E-state index contributed by atoms with van der Waals surface area (Å²) in [7, 11) is 0. The van der Waals surface area contributed by atoms with E-state index in [-0.39, 0.29) is 29.9 Å². The number of aryl methyl sites for hydroxylation is 1. The quantitative estimate of drug-likeness (QED) is 0.301. The molecule has 1 amide bonds. The van der Waals surface area contributed by atoms with E-state index in [2.05, 4.69) is 10.3 Å². The molecule has 3 aromatic rings. The van der Waals surface area contributed by atoms with Gasteiger partial charge in [-0.05, 0) is 47.9 Å². The highest BCUT2D eigenvalue weighted by atomic mass is 35.5. The molecule has 0 unspecified atom stereocenters. The third kappa shape index (κ3) is 5.21. The predicted molar refractivity (Wildman–Crippen MR) is 118 cm³/mol. The lowest BCUT2D eigenvalue weighted by Gasteiger charge is -2.11. The van der Waals surface area contributed by atoms with Crippen molar-refractivity contribution in [3.63, 3.8) is 0 Å². The monoisotopic (exact) mass is 424 g/mol. The number of benzene rings is 2. The van der Waals surface area contributed by atoms with Gasteiger partial charge in [0, 0.05) is 35.9 Å². The summed E-state index contributed by atoms with van der Waals surface area (Å²) >= 11 is 5.73. The van der Waals surface area contributed by atoms with Gasteiger partial charge in [0.15, 0.2) is 0 Å². The van der Waals surface area contributed by atoms with E-state index in [1.165, 1.54) is 12.3 Å². The first-order valence-corrected chi connectivity index (χ1v) is 9.90. The Morgan fingerprint density at radius 1 is 1.17 bits per heavy atom. The van der Waals surface area contributed by atoms with Crippen LogP contribution in [0, 0.1) is 18.2 Å². The predicted octanol–water partition coefficient (Wildman–Crippen LogP) is 4.24. The van der Waals surface area contributed by atoms with Gasteiger partial charge < -0.3 is 16.5 Å². The Hall–Kier alpha value is -3.25. The number of carbonyl (C=O) groups excluding carboxylic acids is 1. The number of anilines is 1. The van der Waals surface area contributed by atoms with Gasteiger partial charge in [0.2, 0.25) is 0 Å². The number of hydrogen-bond donors (Lipinski definition) is 3. The molecule has 0 saturated heterocycles. The normalized spacial score (nSPS) is 10.6. The largest absolute Gasteiger partial charge is 0.398 e. The van der Waals surface area contributed by atoms with Crippen molar-refractivity contribution in [1.82, 2.24) is 10.3 Å². The molecule has 0 fully saturated rings. The van der Waals surface area contributed by atoms with Gasteiger partial charge in [-0.15, -0.1) is 11.6 Å². The first-order valence-electron chi connectivity index (χ1n) is 9.36. The van der Waals surface area contributed by atoms with Gasteiger partial charge in [0.05, 0.1) is 17.8 Å². The number of hydrogen-bond acceptors (Lipinski definition) is 4. The molecular formula is C23H22ClFN4O. The molecule has 30 heavy (non-hydrogen) atoms. The second kappa shape index (κ2) is 9.50. The van der Waals surface area contributed by atoms with Crippen molar-refractivity contribution in [1.29, 1.82) is 5.41 Å². The summed E-state index contributed by atoms with van der Waals surface area (Å²) in [5.74, 6) is -0.456. The number of rotatable bonds is 7. The summed E-state index contributed by atoms with van der Waals surface area (Å²) in [4.78, 5) is 16.6. The Labute approximate surface area is 179 Å². The molecule has 0 bridgehead atoms. The molecule has 3 rings (SSSR count). The van der Waals surface area contributed by atoms with E-state index in [1.807, 2.05) is 19.1 Å². The summed E-state index contributed by atoms with van der Waals surface area (Å²) in [5, 5.41) is 10.9. The first kappa shape index (κ1) is 21.5. The van der Waals surface area contributed by atoms with Gasteiger partial charge in [0.1, 0.15) is 5.82 Å². The fourth-order valence-corrected chi connectivity index (χ4v) is 3.21. The minimum atomic E-state index is -0.363. The summed E-state index contributed by atoms with van der Waals surface area (Å²) in [5.41, 5.74) is 10.5. The van der Waals surface area contributed by atoms with Crippen molar-refractivity contribution >= 4 is 28.9 Å². The van der Waals surface area contributed by atoms with Crippen molar-refractivity contribution in [3.05, 3.63) is 94.1 Å². The van der Waals surface area contributed by atoms with Crippen LogP contribution >= 0.6 is 11.6 Å². The molecule has 4 N–H and O–H groups in total. The van der Waals surface area contributed by atoms with Gasteiger partial charge in [-0.3, -0.25) is 9.78 Å². The number of carbonyl (C=O) groups is 1. The highest BCUT2D eigenvalue weighted by molar-refractivity contribution is 6.17. The van der Waals surface area contributed by atoms with Crippen molar-refractivity contribution in [2.45, 2.75) is 19.2 Å². The minimum absolute atomic E-state index is 0.0330. The average molecular weight is 425 g/mol. The maximum Gasteiger partial charge on any atom is 0.253 e. The summed E-state index contributed by atoms with van der Waals surface area (Å²) in [6.07, 6.45) is 3.34. The number of pyridine rings is 1. The summed E-state index contributed by atoms with van der Waals surface area (Å²) < 4.78 is 14.2. The van der Waals surface area contributed by atoms with E-state index in [0.29, 0.717) is 39.9 Å². The number of aromatic nitrogens is 1. The van der Waals surface area contributed by atoms with Crippen molar-refractivity contribution in [2.24, 2.45) is 0 Å². The molecule has 0 aliphatic carbocycles. The van der Waals surface area contributed by atoms with Gasteiger partial charge in [-0.25, -0.2) is 4.39 Å². The van der Waals surface area contributed by atoms with E-state index in [1.54, 1.807) is 30.5 Å². The third-order valence-electron chi connectivity index (χ3n) is 4.68. The number of alkyl halides is 1. The van der Waals surface area contributed by atoms with Gasteiger partial charge in [0.25, 0.3) is 5.91 Å². The third-order valence-corrected chi connectivity index (χ3v) is 4.99. The Morgan fingerprint density at radius 2 is 1.97 bits per heavy atom. The fourth-order valence-electron chi connectivity index (χ4n) is 3.04. The lowest BCUT2D eigenvalue weighted by atomic mass is 10.0. The Balaban J connectivity index is 1.67. The van der Waals surface area contributed by atoms with Crippen LogP contribution in [0.4, 0.5) is 10.1 Å². The molecule has 5 nitrogen and oxygen atoms in total. The Kier molecular flexibility index (Phi) is 6.79. The van der Waals surface area contributed by atoms with Crippen LogP contribution in [0.3, 0.4) is 0 Å². The molecule has 0 aliphatic heterocycles. The zero-order chi connectivity index (χ0) is 21.7. The minimum Gasteiger partial charge on any atom is -0.398 e.